The number of hydrogen-bond acceptors (Lipinski definition) is 7. The van der Waals surface area contributed by atoms with Crippen LogP contribution in [0.15, 0.2) is 60.7 Å². The number of fused-ring (bicyclic) bond motifs is 1. The molecule has 1 amide bonds. The van der Waals surface area contributed by atoms with Gasteiger partial charge < -0.3 is 9.64 Å². The van der Waals surface area contributed by atoms with Gasteiger partial charge in [0.1, 0.15) is 5.56 Å². The predicted molar refractivity (Wildman–Crippen MR) is 140 cm³/mol. The number of rotatable bonds is 6. The summed E-state index contributed by atoms with van der Waals surface area (Å²) in [6, 6.07) is 16.6. The van der Waals surface area contributed by atoms with E-state index in [2.05, 4.69) is 17.0 Å². The number of hydrogen-bond donors (Lipinski definition) is 0. The number of nitrogens with zero attached hydrogens (tertiary/aromatic N) is 4. The van der Waals surface area contributed by atoms with Gasteiger partial charge in [0.25, 0.3) is 17.3 Å². The maximum atomic E-state index is 13.7. The van der Waals surface area contributed by atoms with Gasteiger partial charge in [0.2, 0.25) is 0 Å². The third-order valence-electron chi connectivity index (χ3n) is 7.04. The molecule has 2 aliphatic rings. The molecule has 0 unspecified atom stereocenters. The van der Waals surface area contributed by atoms with E-state index in [1.54, 1.807) is 4.90 Å². The van der Waals surface area contributed by atoms with Crippen LogP contribution >= 0.6 is 11.6 Å². The fourth-order valence-electron chi connectivity index (χ4n) is 5.21. The van der Waals surface area contributed by atoms with E-state index in [-0.39, 0.29) is 25.3 Å². The Kier molecular flexibility index (Phi) is 7.37. The molecule has 3 aromatic rings. The van der Waals surface area contributed by atoms with Crippen molar-refractivity contribution < 1.29 is 19.4 Å². The van der Waals surface area contributed by atoms with Crippen LogP contribution in [0.3, 0.4) is 0 Å². The number of non-ortho nitro benzene ring substituents is 1. The molecule has 0 aromatic heterocycles. The largest absolute Gasteiger partial charge is 0.377 e. The van der Waals surface area contributed by atoms with Crippen LogP contribution in [0, 0.1) is 20.2 Å². The lowest BCUT2D eigenvalue weighted by Gasteiger charge is -2.39. The van der Waals surface area contributed by atoms with Crippen LogP contribution in [0.25, 0.3) is 0 Å². The highest BCUT2D eigenvalue weighted by Gasteiger charge is 2.36. The summed E-state index contributed by atoms with van der Waals surface area (Å²) >= 11 is 6.51. The fourth-order valence-corrected chi connectivity index (χ4v) is 5.46. The summed E-state index contributed by atoms with van der Waals surface area (Å²) in [5.41, 5.74) is 2.98. The fraction of sp³-hybridized carbons (Fsp3) is 0.296. The van der Waals surface area contributed by atoms with Crippen molar-refractivity contribution >= 4 is 28.9 Å². The Bertz CT molecular complexity index is 1400. The number of ether oxygens (including phenoxy) is 1. The normalized spacial score (nSPS) is 17.6. The first-order valence-electron chi connectivity index (χ1n) is 12.2. The lowest BCUT2D eigenvalue weighted by molar-refractivity contribution is -0.394. The summed E-state index contributed by atoms with van der Waals surface area (Å²) in [7, 11) is 0. The van der Waals surface area contributed by atoms with Gasteiger partial charge in [0.05, 0.1) is 35.2 Å². The highest BCUT2D eigenvalue weighted by Crippen LogP contribution is 2.36. The Labute approximate surface area is 223 Å². The second kappa shape index (κ2) is 10.9. The number of carbonyl (C=O) groups excluding carboxylic acids is 1. The monoisotopic (exact) mass is 536 g/mol. The zero-order valence-corrected chi connectivity index (χ0v) is 21.2. The van der Waals surface area contributed by atoms with Crippen molar-refractivity contribution in [2.45, 2.75) is 25.6 Å². The maximum absolute atomic E-state index is 13.7. The first kappa shape index (κ1) is 25.8. The molecule has 0 saturated carbocycles. The topological polar surface area (TPSA) is 119 Å². The van der Waals surface area contributed by atoms with Gasteiger partial charge in [0.15, 0.2) is 0 Å². The summed E-state index contributed by atoms with van der Waals surface area (Å²) in [4.78, 5) is 39.0. The average molecular weight is 537 g/mol. The molecule has 0 spiro atoms. The van der Waals surface area contributed by atoms with E-state index in [1.165, 1.54) is 5.56 Å². The molecule has 10 nitrogen and oxygen atoms in total. The molecule has 2 heterocycles. The average Bonchev–Trinajstić information content (AvgIpc) is 2.92. The number of carbonyl (C=O) groups is 1. The second-order valence-electron chi connectivity index (χ2n) is 9.38. The first-order valence-corrected chi connectivity index (χ1v) is 12.6. The molecule has 196 valence electrons. The highest BCUT2D eigenvalue weighted by molar-refractivity contribution is 6.30. The molecule has 0 N–H and O–H groups in total. The smallest absolute Gasteiger partial charge is 0.289 e. The molecular weight excluding hydrogens is 512 g/mol. The molecule has 5 rings (SSSR count). The van der Waals surface area contributed by atoms with Crippen molar-refractivity contribution in [3.63, 3.8) is 0 Å². The van der Waals surface area contributed by atoms with Gasteiger partial charge in [-0.05, 0) is 46.9 Å². The molecule has 2 aliphatic heterocycles. The molecule has 0 aliphatic carbocycles. The molecule has 1 saturated heterocycles. The van der Waals surface area contributed by atoms with Crippen molar-refractivity contribution in [1.82, 2.24) is 9.80 Å². The number of nitro benzene ring substituents is 2. The molecular formula is C27H25ClN4O6. The molecule has 0 bridgehead atoms. The van der Waals surface area contributed by atoms with Gasteiger partial charge in [-0.2, -0.15) is 0 Å². The Hall–Kier alpha value is -3.86. The van der Waals surface area contributed by atoms with E-state index in [4.69, 9.17) is 16.3 Å². The first-order chi connectivity index (χ1) is 18.3. The van der Waals surface area contributed by atoms with Crippen LogP contribution in [-0.2, 0) is 24.2 Å². The zero-order valence-electron chi connectivity index (χ0n) is 20.4. The number of nitro groups is 2. The van der Waals surface area contributed by atoms with E-state index in [9.17, 15) is 25.0 Å². The van der Waals surface area contributed by atoms with Crippen LogP contribution in [0.4, 0.5) is 11.4 Å². The SMILES string of the molecule is O=C(c1ccc([N+](=O)[O-])cc1[N+](=O)[O-])N1CCOC[C@H]1c1cc(Cl)cc2c1CN(Cc1ccccc1)CC2. The van der Waals surface area contributed by atoms with Crippen LogP contribution in [-0.4, -0.2) is 51.9 Å². The van der Waals surface area contributed by atoms with E-state index >= 15 is 0 Å². The standard InChI is InChI=1S/C27H25ClN4O6/c28-20-12-19-8-9-29(15-18-4-2-1-3-5-18)16-24(19)23(13-20)26-17-38-11-10-30(26)27(33)22-7-6-21(31(34)35)14-25(22)32(36)37/h1-7,12-14,26H,8-11,15-17H2/t26-/m0/s1. The minimum atomic E-state index is -0.765. The maximum Gasteiger partial charge on any atom is 0.289 e. The van der Waals surface area contributed by atoms with Crippen molar-refractivity contribution in [3.05, 3.63) is 114 Å². The number of morpholine rings is 1. The third-order valence-corrected chi connectivity index (χ3v) is 7.26. The zero-order chi connectivity index (χ0) is 26.8. The van der Waals surface area contributed by atoms with Gasteiger partial charge >= 0.3 is 0 Å². The number of benzene rings is 3. The molecule has 3 aromatic carbocycles. The summed E-state index contributed by atoms with van der Waals surface area (Å²) in [6.07, 6.45) is 0.797. The van der Waals surface area contributed by atoms with Crippen LogP contribution in [0.2, 0.25) is 5.02 Å². The quantitative estimate of drug-likeness (QED) is 0.323. The molecule has 1 atom stereocenters. The van der Waals surface area contributed by atoms with Gasteiger partial charge in [-0.3, -0.25) is 29.9 Å². The summed E-state index contributed by atoms with van der Waals surface area (Å²) in [6.45, 7) is 2.99. The van der Waals surface area contributed by atoms with Crippen LogP contribution in [0.5, 0.6) is 0 Å². The molecule has 38 heavy (non-hydrogen) atoms. The summed E-state index contributed by atoms with van der Waals surface area (Å²) in [5, 5.41) is 23.4. The van der Waals surface area contributed by atoms with Gasteiger partial charge in [-0.25, -0.2) is 0 Å². The van der Waals surface area contributed by atoms with Crippen LogP contribution in [0.1, 0.15) is 38.7 Å². The van der Waals surface area contributed by atoms with Crippen LogP contribution < -0.4 is 0 Å². The van der Waals surface area contributed by atoms with E-state index in [0.29, 0.717) is 11.6 Å². The van der Waals surface area contributed by atoms with E-state index in [1.807, 2.05) is 30.3 Å². The molecule has 1 fully saturated rings. The lowest BCUT2D eigenvalue weighted by atomic mass is 9.90. The second-order valence-corrected chi connectivity index (χ2v) is 9.82. The summed E-state index contributed by atoms with van der Waals surface area (Å²) < 4.78 is 5.76. The Balaban J connectivity index is 1.49. The van der Waals surface area contributed by atoms with Gasteiger partial charge in [0, 0.05) is 37.3 Å². The van der Waals surface area contributed by atoms with Crippen molar-refractivity contribution in [2.75, 3.05) is 26.3 Å². The van der Waals surface area contributed by atoms with Crippen molar-refractivity contribution in [3.8, 4) is 0 Å². The van der Waals surface area contributed by atoms with Gasteiger partial charge in [-0.15, -0.1) is 0 Å². The molecule has 11 heteroatoms. The number of amides is 1. The number of halogens is 1. The Morgan fingerprint density at radius 1 is 1.03 bits per heavy atom. The predicted octanol–water partition coefficient (Wildman–Crippen LogP) is 4.93. The Morgan fingerprint density at radius 2 is 1.82 bits per heavy atom. The van der Waals surface area contributed by atoms with E-state index < -0.39 is 33.2 Å². The van der Waals surface area contributed by atoms with Gasteiger partial charge in [-0.1, -0.05) is 41.9 Å². The lowest BCUT2D eigenvalue weighted by Crippen LogP contribution is -2.44. The Morgan fingerprint density at radius 3 is 2.55 bits per heavy atom. The summed E-state index contributed by atoms with van der Waals surface area (Å²) in [5.74, 6) is -0.578. The van der Waals surface area contributed by atoms with Crippen molar-refractivity contribution in [2.24, 2.45) is 0 Å². The minimum Gasteiger partial charge on any atom is -0.377 e. The molecule has 0 radical (unpaired) electrons. The highest BCUT2D eigenvalue weighted by atomic mass is 35.5. The third kappa shape index (κ3) is 5.24. The minimum absolute atomic E-state index is 0.200. The van der Waals surface area contributed by atoms with Crippen molar-refractivity contribution in [1.29, 1.82) is 0 Å². The van der Waals surface area contributed by atoms with E-state index in [0.717, 1.165) is 54.4 Å².